The zero-order valence-electron chi connectivity index (χ0n) is 16.1. The van der Waals surface area contributed by atoms with E-state index in [0.29, 0.717) is 33.9 Å². The van der Waals surface area contributed by atoms with Crippen molar-refractivity contribution in [2.45, 2.75) is 6.04 Å². The fraction of sp³-hybridized carbons (Fsp3) is 0.217. The van der Waals surface area contributed by atoms with Crippen molar-refractivity contribution in [3.63, 3.8) is 0 Å². The molecular weight excluding hydrogens is 441 g/mol. The van der Waals surface area contributed by atoms with Gasteiger partial charge < -0.3 is 4.90 Å². The van der Waals surface area contributed by atoms with Crippen molar-refractivity contribution in [3.05, 3.63) is 98.7 Å². The molecule has 0 radical (unpaired) electrons. The summed E-state index contributed by atoms with van der Waals surface area (Å²) in [5.41, 5.74) is 2.87. The summed E-state index contributed by atoms with van der Waals surface area (Å²) >= 11 is 18.0. The van der Waals surface area contributed by atoms with Crippen molar-refractivity contribution in [3.8, 4) is 0 Å². The van der Waals surface area contributed by atoms with Gasteiger partial charge in [0.1, 0.15) is 5.15 Å². The number of pyridine rings is 1. The lowest BCUT2D eigenvalue weighted by atomic mass is 9.96. The number of hydrogen-bond donors (Lipinski definition) is 0. The van der Waals surface area contributed by atoms with E-state index in [-0.39, 0.29) is 11.9 Å². The average molecular weight is 461 g/mol. The Morgan fingerprint density at radius 3 is 1.77 bits per heavy atom. The Labute approximate surface area is 191 Å². The molecular formula is C23H20Cl3N3O. The van der Waals surface area contributed by atoms with Gasteiger partial charge in [0.15, 0.2) is 0 Å². The van der Waals surface area contributed by atoms with Gasteiger partial charge in [-0.05, 0) is 47.5 Å². The highest BCUT2D eigenvalue weighted by Crippen LogP contribution is 2.31. The standard InChI is InChI=1S/C23H20Cl3N3O/c24-19-6-1-16(2-7-19)22(17-3-8-20(25)9-4-17)28-11-13-29(14-12-28)23(30)18-5-10-21(26)27-15-18/h1-10,15,22H,11-14H2. The Morgan fingerprint density at radius 1 is 0.767 bits per heavy atom. The van der Waals surface area contributed by atoms with Gasteiger partial charge in [0.05, 0.1) is 11.6 Å². The van der Waals surface area contributed by atoms with Crippen molar-refractivity contribution in [1.82, 2.24) is 14.8 Å². The van der Waals surface area contributed by atoms with E-state index in [1.54, 1.807) is 12.1 Å². The molecule has 1 fully saturated rings. The number of carbonyl (C=O) groups excluding carboxylic acids is 1. The maximum Gasteiger partial charge on any atom is 0.255 e. The monoisotopic (exact) mass is 459 g/mol. The fourth-order valence-corrected chi connectivity index (χ4v) is 4.14. The molecule has 0 atom stereocenters. The molecule has 0 bridgehead atoms. The van der Waals surface area contributed by atoms with Gasteiger partial charge in [-0.3, -0.25) is 9.69 Å². The van der Waals surface area contributed by atoms with Crippen LogP contribution in [0.5, 0.6) is 0 Å². The minimum atomic E-state index is -0.0200. The first-order chi connectivity index (χ1) is 14.5. The zero-order chi connectivity index (χ0) is 21.1. The molecule has 30 heavy (non-hydrogen) atoms. The molecule has 0 aliphatic carbocycles. The molecule has 0 unspecified atom stereocenters. The number of carbonyl (C=O) groups is 1. The van der Waals surface area contributed by atoms with Crippen LogP contribution in [0.25, 0.3) is 0 Å². The molecule has 4 nitrogen and oxygen atoms in total. The minimum Gasteiger partial charge on any atom is -0.336 e. The van der Waals surface area contributed by atoms with Crippen LogP contribution < -0.4 is 0 Å². The summed E-state index contributed by atoms with van der Waals surface area (Å²) in [6, 6.07) is 19.3. The lowest BCUT2D eigenvalue weighted by Gasteiger charge is -2.39. The van der Waals surface area contributed by atoms with Gasteiger partial charge in [0.25, 0.3) is 5.91 Å². The van der Waals surface area contributed by atoms with Crippen LogP contribution in [0.1, 0.15) is 27.5 Å². The molecule has 3 aromatic rings. The molecule has 1 aliphatic rings. The predicted molar refractivity (Wildman–Crippen MR) is 121 cm³/mol. The molecule has 2 heterocycles. The highest BCUT2D eigenvalue weighted by atomic mass is 35.5. The molecule has 0 saturated carbocycles. The Bertz CT molecular complexity index is 954. The van der Waals surface area contributed by atoms with E-state index in [4.69, 9.17) is 34.8 Å². The van der Waals surface area contributed by atoms with Crippen LogP contribution in [0.4, 0.5) is 0 Å². The van der Waals surface area contributed by atoms with Crippen molar-refractivity contribution in [2.24, 2.45) is 0 Å². The van der Waals surface area contributed by atoms with Crippen LogP contribution in [0.3, 0.4) is 0 Å². The predicted octanol–water partition coefficient (Wildman–Crippen LogP) is 5.59. The zero-order valence-corrected chi connectivity index (χ0v) is 18.4. The quantitative estimate of drug-likeness (QED) is 0.476. The van der Waals surface area contributed by atoms with Gasteiger partial charge in [-0.1, -0.05) is 59.1 Å². The smallest absolute Gasteiger partial charge is 0.255 e. The van der Waals surface area contributed by atoms with Crippen molar-refractivity contribution < 1.29 is 4.79 Å². The molecule has 7 heteroatoms. The van der Waals surface area contributed by atoms with E-state index >= 15 is 0 Å². The number of rotatable bonds is 4. The molecule has 1 aromatic heterocycles. The van der Waals surface area contributed by atoms with E-state index in [1.165, 1.54) is 6.20 Å². The topological polar surface area (TPSA) is 36.4 Å². The second-order valence-corrected chi connectivity index (χ2v) is 8.46. The van der Waals surface area contributed by atoms with Crippen LogP contribution in [0, 0.1) is 0 Å². The number of piperazine rings is 1. The van der Waals surface area contributed by atoms with Gasteiger partial charge >= 0.3 is 0 Å². The number of aromatic nitrogens is 1. The fourth-order valence-electron chi connectivity index (χ4n) is 3.77. The molecule has 0 N–H and O–H groups in total. The Balaban J connectivity index is 1.53. The summed E-state index contributed by atoms with van der Waals surface area (Å²) in [6.07, 6.45) is 1.53. The van der Waals surface area contributed by atoms with Crippen LogP contribution >= 0.6 is 34.8 Å². The third-order valence-corrected chi connectivity index (χ3v) is 6.04. The van der Waals surface area contributed by atoms with Gasteiger partial charge in [-0.15, -0.1) is 0 Å². The van der Waals surface area contributed by atoms with E-state index in [2.05, 4.69) is 34.1 Å². The summed E-state index contributed by atoms with van der Waals surface area (Å²) in [7, 11) is 0. The Morgan fingerprint density at radius 2 is 1.30 bits per heavy atom. The van der Waals surface area contributed by atoms with Crippen molar-refractivity contribution in [1.29, 1.82) is 0 Å². The maximum absolute atomic E-state index is 12.8. The molecule has 2 aromatic carbocycles. The molecule has 4 rings (SSSR count). The summed E-state index contributed by atoms with van der Waals surface area (Å²) in [5.74, 6) is -0.0200. The Kier molecular flexibility index (Phi) is 6.59. The summed E-state index contributed by atoms with van der Waals surface area (Å²) in [6.45, 7) is 2.78. The van der Waals surface area contributed by atoms with Gasteiger partial charge in [-0.2, -0.15) is 0 Å². The number of nitrogens with zero attached hydrogens (tertiary/aromatic N) is 3. The van der Waals surface area contributed by atoms with E-state index < -0.39 is 0 Å². The third kappa shape index (κ3) is 4.79. The van der Waals surface area contributed by atoms with Crippen LogP contribution in [0.15, 0.2) is 66.9 Å². The number of amides is 1. The van der Waals surface area contributed by atoms with Crippen molar-refractivity contribution in [2.75, 3.05) is 26.2 Å². The second kappa shape index (κ2) is 9.36. The highest BCUT2D eigenvalue weighted by molar-refractivity contribution is 6.31. The summed E-state index contributed by atoms with van der Waals surface area (Å²) < 4.78 is 0. The minimum absolute atomic E-state index is 0.0200. The molecule has 0 spiro atoms. The average Bonchev–Trinajstić information content (AvgIpc) is 2.77. The van der Waals surface area contributed by atoms with Crippen molar-refractivity contribution >= 4 is 40.7 Å². The number of halogens is 3. The molecule has 154 valence electrons. The SMILES string of the molecule is O=C(c1ccc(Cl)nc1)N1CCN(C(c2ccc(Cl)cc2)c2ccc(Cl)cc2)CC1. The van der Waals surface area contributed by atoms with Gasteiger partial charge in [0, 0.05) is 42.4 Å². The van der Waals surface area contributed by atoms with Crippen LogP contribution in [0.2, 0.25) is 15.2 Å². The molecule has 1 aliphatic heterocycles. The van der Waals surface area contributed by atoms with Crippen LogP contribution in [-0.4, -0.2) is 46.9 Å². The van der Waals surface area contributed by atoms with E-state index in [0.717, 1.165) is 24.2 Å². The largest absolute Gasteiger partial charge is 0.336 e. The molecule has 1 amide bonds. The lowest BCUT2D eigenvalue weighted by Crippen LogP contribution is -2.49. The van der Waals surface area contributed by atoms with E-state index in [9.17, 15) is 4.79 Å². The van der Waals surface area contributed by atoms with E-state index in [1.807, 2.05) is 29.2 Å². The highest BCUT2D eigenvalue weighted by Gasteiger charge is 2.28. The summed E-state index contributed by atoms with van der Waals surface area (Å²) in [5, 5.41) is 1.80. The van der Waals surface area contributed by atoms with Gasteiger partial charge in [-0.25, -0.2) is 4.98 Å². The number of hydrogen-bond acceptors (Lipinski definition) is 3. The maximum atomic E-state index is 12.8. The van der Waals surface area contributed by atoms with Gasteiger partial charge in [0.2, 0.25) is 0 Å². The Hall–Kier alpha value is -2.11. The molecule has 1 saturated heterocycles. The second-order valence-electron chi connectivity index (χ2n) is 7.20. The third-order valence-electron chi connectivity index (χ3n) is 5.31. The normalized spacial score (nSPS) is 14.9. The number of benzene rings is 2. The summed E-state index contributed by atoms with van der Waals surface area (Å²) in [4.78, 5) is 21.1. The first-order valence-corrected chi connectivity index (χ1v) is 10.8. The first kappa shape index (κ1) is 21.1. The van der Waals surface area contributed by atoms with Crippen LogP contribution in [-0.2, 0) is 0 Å². The lowest BCUT2D eigenvalue weighted by molar-refractivity contribution is 0.0597. The first-order valence-electron chi connectivity index (χ1n) is 9.67.